The molecule has 4 N–H and O–H groups in total. The predicted octanol–water partition coefficient (Wildman–Crippen LogP) is 4.72. The highest BCUT2D eigenvalue weighted by atomic mass is 32.1. The zero-order valence-corrected chi connectivity index (χ0v) is 21.8. The van der Waals surface area contributed by atoms with Crippen LogP contribution in [0.5, 0.6) is 0 Å². The number of amides is 1. The smallest absolute Gasteiger partial charge is 0.475 e. The second-order valence-electron chi connectivity index (χ2n) is 8.41. The fourth-order valence-electron chi connectivity index (χ4n) is 3.57. The molecule has 0 radical (unpaired) electrons. The highest BCUT2D eigenvalue weighted by molar-refractivity contribution is 7.22. The second-order valence-corrected chi connectivity index (χ2v) is 9.47. The number of aryl methyl sites for hydroxylation is 2. The fourth-order valence-corrected chi connectivity index (χ4v) is 4.29. The Hall–Kier alpha value is -4.08. The van der Waals surface area contributed by atoms with E-state index >= 15 is 0 Å². The summed E-state index contributed by atoms with van der Waals surface area (Å²) in [6.07, 6.45) is -10.2. The molecule has 0 atom stereocenters. The Morgan fingerprint density at radius 3 is 1.88 bits per heavy atom. The van der Waals surface area contributed by atoms with E-state index in [4.69, 9.17) is 25.5 Å². The van der Waals surface area contributed by atoms with Crippen LogP contribution in [-0.2, 0) is 9.59 Å². The number of nitrogens with two attached hydrogens (primary N) is 1. The molecule has 1 aromatic heterocycles. The molecule has 3 aromatic rings. The number of halogens is 6. The number of nitrogen functional groups attached to an aromatic ring is 1. The number of aliphatic carboxylic acids is 2. The molecular formula is C24H24F6N4O5S. The number of fused-ring (bicyclic) bond motifs is 1. The SMILES string of the molecule is Cc1ccc(N2CCN(C(=O)c3ccc4sc(N)nc4c3)CC2)c(C)c1.O=C(O)C(F)(F)F.O=C(O)C(F)(F)F. The Morgan fingerprint density at radius 2 is 1.40 bits per heavy atom. The first-order valence-corrected chi connectivity index (χ1v) is 12.1. The molecule has 0 spiro atoms. The van der Waals surface area contributed by atoms with Gasteiger partial charge in [0.15, 0.2) is 5.13 Å². The van der Waals surface area contributed by atoms with Crippen LogP contribution in [0.3, 0.4) is 0 Å². The molecule has 16 heteroatoms. The molecular weight excluding hydrogens is 570 g/mol. The summed E-state index contributed by atoms with van der Waals surface area (Å²) in [7, 11) is 0. The third-order valence-electron chi connectivity index (χ3n) is 5.40. The van der Waals surface area contributed by atoms with Crippen LogP contribution in [0.2, 0.25) is 0 Å². The van der Waals surface area contributed by atoms with Crippen LogP contribution in [0, 0.1) is 13.8 Å². The number of rotatable bonds is 2. The zero-order valence-electron chi connectivity index (χ0n) is 21.0. The Balaban J connectivity index is 0.000000333. The number of carbonyl (C=O) groups excluding carboxylic acids is 1. The predicted molar refractivity (Wildman–Crippen MR) is 135 cm³/mol. The normalized spacial score (nSPS) is 13.6. The maximum absolute atomic E-state index is 12.9. The van der Waals surface area contributed by atoms with Crippen molar-refractivity contribution >= 4 is 50.2 Å². The topological polar surface area (TPSA) is 137 Å². The Kier molecular flexibility index (Phi) is 10.3. The van der Waals surface area contributed by atoms with E-state index in [1.165, 1.54) is 28.2 Å². The van der Waals surface area contributed by atoms with Gasteiger partial charge in [-0.15, -0.1) is 0 Å². The average Bonchev–Trinajstić information content (AvgIpc) is 3.22. The number of hydrogen-bond donors (Lipinski definition) is 3. The van der Waals surface area contributed by atoms with Gasteiger partial charge in [0.2, 0.25) is 0 Å². The summed E-state index contributed by atoms with van der Waals surface area (Å²) in [5, 5.41) is 14.8. The molecule has 4 rings (SSSR count). The quantitative estimate of drug-likeness (QED) is 0.363. The van der Waals surface area contributed by atoms with Gasteiger partial charge >= 0.3 is 24.3 Å². The lowest BCUT2D eigenvalue weighted by molar-refractivity contribution is -0.193. The molecule has 0 bridgehead atoms. The fraction of sp³-hybridized carbons (Fsp3) is 0.333. The number of carboxylic acid groups (broad SMARTS) is 2. The molecule has 1 fully saturated rings. The first-order chi connectivity index (χ1) is 18.4. The molecule has 40 heavy (non-hydrogen) atoms. The summed E-state index contributed by atoms with van der Waals surface area (Å²) in [6, 6.07) is 12.2. The third-order valence-corrected chi connectivity index (χ3v) is 6.26. The highest BCUT2D eigenvalue weighted by Gasteiger charge is 2.38. The second kappa shape index (κ2) is 12.8. The standard InChI is InChI=1S/C20H22N4OS.2C2HF3O2/c1-13-3-5-17(14(2)11-13)23-7-9-24(10-8-23)19(25)15-4-6-18-16(12-15)22-20(21)26-18;2*3-2(4,5)1(6)7/h3-6,11-12H,7-10H2,1-2H3,(H2,21,22);2*(H,6,7). The maximum atomic E-state index is 12.9. The molecule has 1 aliphatic heterocycles. The van der Waals surface area contributed by atoms with Crippen LogP contribution in [-0.4, -0.2) is 76.5 Å². The number of thiazole rings is 1. The zero-order chi connectivity index (χ0) is 30.4. The number of anilines is 2. The summed E-state index contributed by atoms with van der Waals surface area (Å²) in [5.74, 6) is -5.45. The van der Waals surface area contributed by atoms with Gasteiger partial charge in [-0.25, -0.2) is 14.6 Å². The number of benzene rings is 2. The summed E-state index contributed by atoms with van der Waals surface area (Å²) in [6.45, 7) is 7.41. The number of alkyl halides is 6. The van der Waals surface area contributed by atoms with Crippen molar-refractivity contribution < 1.29 is 50.9 Å². The Labute approximate surface area is 227 Å². The minimum atomic E-state index is -5.08. The van der Waals surface area contributed by atoms with Crippen molar-refractivity contribution in [2.24, 2.45) is 0 Å². The van der Waals surface area contributed by atoms with E-state index in [1.54, 1.807) is 0 Å². The van der Waals surface area contributed by atoms with E-state index in [0.29, 0.717) is 10.7 Å². The molecule has 0 aliphatic carbocycles. The van der Waals surface area contributed by atoms with E-state index in [0.717, 1.165) is 36.4 Å². The van der Waals surface area contributed by atoms with E-state index in [9.17, 15) is 31.1 Å². The Morgan fingerprint density at radius 1 is 0.875 bits per heavy atom. The van der Waals surface area contributed by atoms with Crippen molar-refractivity contribution in [2.45, 2.75) is 26.2 Å². The van der Waals surface area contributed by atoms with E-state index < -0.39 is 24.3 Å². The lowest BCUT2D eigenvalue weighted by atomic mass is 10.1. The molecule has 0 saturated carbocycles. The number of aromatic nitrogens is 1. The van der Waals surface area contributed by atoms with Crippen LogP contribution in [0.15, 0.2) is 36.4 Å². The van der Waals surface area contributed by atoms with Crippen molar-refractivity contribution in [1.29, 1.82) is 0 Å². The van der Waals surface area contributed by atoms with Crippen molar-refractivity contribution in [1.82, 2.24) is 9.88 Å². The molecule has 2 heterocycles. The summed E-state index contributed by atoms with van der Waals surface area (Å²) >= 11 is 1.44. The minimum Gasteiger partial charge on any atom is -0.475 e. The van der Waals surface area contributed by atoms with Crippen molar-refractivity contribution in [3.05, 3.63) is 53.1 Å². The monoisotopic (exact) mass is 594 g/mol. The van der Waals surface area contributed by atoms with E-state index in [2.05, 4.69) is 41.9 Å². The van der Waals surface area contributed by atoms with Crippen LogP contribution in [0.4, 0.5) is 37.2 Å². The lowest BCUT2D eigenvalue weighted by Gasteiger charge is -2.37. The third kappa shape index (κ3) is 9.00. The van der Waals surface area contributed by atoms with Gasteiger partial charge in [0.25, 0.3) is 5.91 Å². The molecule has 1 aliphatic rings. The molecule has 218 valence electrons. The summed E-state index contributed by atoms with van der Waals surface area (Å²) < 4.78 is 64.5. The van der Waals surface area contributed by atoms with Crippen molar-refractivity contribution in [3.63, 3.8) is 0 Å². The van der Waals surface area contributed by atoms with Crippen LogP contribution in [0.25, 0.3) is 10.2 Å². The molecule has 0 unspecified atom stereocenters. The lowest BCUT2D eigenvalue weighted by Crippen LogP contribution is -2.49. The first kappa shape index (κ1) is 32.1. The first-order valence-electron chi connectivity index (χ1n) is 11.3. The van der Waals surface area contributed by atoms with Crippen LogP contribution in [0.1, 0.15) is 21.5 Å². The van der Waals surface area contributed by atoms with Crippen molar-refractivity contribution in [2.75, 3.05) is 36.8 Å². The number of hydrogen-bond acceptors (Lipinski definition) is 7. The van der Waals surface area contributed by atoms with Gasteiger partial charge in [0, 0.05) is 37.4 Å². The van der Waals surface area contributed by atoms with Gasteiger partial charge < -0.3 is 25.7 Å². The van der Waals surface area contributed by atoms with Gasteiger partial charge in [-0.05, 0) is 43.7 Å². The van der Waals surface area contributed by atoms with E-state index in [1.807, 2.05) is 23.1 Å². The maximum Gasteiger partial charge on any atom is 0.490 e. The molecule has 1 amide bonds. The average molecular weight is 595 g/mol. The van der Waals surface area contributed by atoms with Crippen LogP contribution >= 0.6 is 11.3 Å². The van der Waals surface area contributed by atoms with Crippen molar-refractivity contribution in [3.8, 4) is 0 Å². The molecule has 2 aromatic carbocycles. The summed E-state index contributed by atoms with van der Waals surface area (Å²) in [4.78, 5) is 39.2. The van der Waals surface area contributed by atoms with Gasteiger partial charge in [-0.3, -0.25) is 4.79 Å². The minimum absolute atomic E-state index is 0.0683. The van der Waals surface area contributed by atoms with Gasteiger partial charge in [-0.2, -0.15) is 26.3 Å². The van der Waals surface area contributed by atoms with Gasteiger partial charge in [-0.1, -0.05) is 29.0 Å². The van der Waals surface area contributed by atoms with Gasteiger partial charge in [0.1, 0.15) is 0 Å². The Bertz CT molecular complexity index is 1340. The highest BCUT2D eigenvalue weighted by Crippen LogP contribution is 2.26. The number of piperazine rings is 1. The summed E-state index contributed by atoms with van der Waals surface area (Å²) in [5.41, 5.74) is 11.1. The number of nitrogens with zero attached hydrogens (tertiary/aromatic N) is 3. The van der Waals surface area contributed by atoms with Gasteiger partial charge in [0.05, 0.1) is 10.2 Å². The largest absolute Gasteiger partial charge is 0.490 e. The number of carbonyl (C=O) groups is 3. The molecule has 1 saturated heterocycles. The molecule has 9 nitrogen and oxygen atoms in total. The van der Waals surface area contributed by atoms with E-state index in [-0.39, 0.29) is 5.91 Å². The number of carboxylic acids is 2. The van der Waals surface area contributed by atoms with Crippen LogP contribution < -0.4 is 10.6 Å².